The monoisotopic (exact) mass is 420 g/mol. The van der Waals surface area contributed by atoms with E-state index in [2.05, 4.69) is 5.32 Å². The maximum atomic E-state index is 13.3. The van der Waals surface area contributed by atoms with Gasteiger partial charge in [-0.3, -0.25) is 9.59 Å². The average molecular weight is 421 g/mol. The normalized spacial score (nSPS) is 18.2. The second-order valence-corrected chi connectivity index (χ2v) is 9.58. The van der Waals surface area contributed by atoms with E-state index in [0.29, 0.717) is 12.5 Å². The third-order valence-electron chi connectivity index (χ3n) is 6.05. The molecule has 1 unspecified atom stereocenters. The number of esters is 1. The fourth-order valence-electron chi connectivity index (χ4n) is 4.36. The lowest BCUT2D eigenvalue weighted by molar-refractivity contribution is -0.144. The molecule has 1 aromatic rings. The molecule has 160 valence electrons. The summed E-state index contributed by atoms with van der Waals surface area (Å²) in [6, 6.07) is 0.967. The largest absolute Gasteiger partial charge is 0.467 e. The Kier molecular flexibility index (Phi) is 7.44. The summed E-state index contributed by atoms with van der Waals surface area (Å²) in [6.07, 6.45) is 6.85. The molecule has 1 aliphatic carbocycles. The van der Waals surface area contributed by atoms with Crippen LogP contribution >= 0.6 is 11.8 Å². The highest BCUT2D eigenvalue weighted by Crippen LogP contribution is 2.28. The minimum absolute atomic E-state index is 0.135. The summed E-state index contributed by atoms with van der Waals surface area (Å²) in [7, 11) is 1.30. The Hall–Kier alpha value is -1.76. The van der Waals surface area contributed by atoms with Gasteiger partial charge in [0.2, 0.25) is 0 Å². The maximum Gasteiger partial charge on any atom is 0.328 e. The van der Waals surface area contributed by atoms with Crippen LogP contribution in [0.3, 0.4) is 0 Å². The molecule has 1 fully saturated rings. The zero-order valence-electron chi connectivity index (χ0n) is 17.7. The van der Waals surface area contributed by atoms with Crippen LogP contribution in [0.1, 0.15) is 67.6 Å². The van der Waals surface area contributed by atoms with E-state index in [1.807, 2.05) is 30.2 Å². The van der Waals surface area contributed by atoms with Gasteiger partial charge in [-0.05, 0) is 48.5 Å². The lowest BCUT2D eigenvalue weighted by atomic mass is 9.89. The minimum Gasteiger partial charge on any atom is -0.467 e. The number of carbonyl (C=O) groups is 2. The second-order valence-electron chi connectivity index (χ2n) is 8.47. The summed E-state index contributed by atoms with van der Waals surface area (Å²) in [6.45, 7) is 4.37. The molecule has 1 N–H and O–H groups in total. The first-order valence-corrected chi connectivity index (χ1v) is 11.8. The molecule has 3 rings (SSSR count). The standard InChI is InChI=1S/C22H32N2O4S/c1-14(2)19(22(27)28-3)23-20(25)17-11-16-13-29-10-9-18(16)24(21(17)26)12-15-7-5-4-6-8-15/h11,14-15,19H,4-10,12-13H2,1-3H3,(H,23,25). The van der Waals surface area contributed by atoms with Crippen LogP contribution in [0.4, 0.5) is 0 Å². The van der Waals surface area contributed by atoms with Gasteiger partial charge in [0.15, 0.2) is 0 Å². The van der Waals surface area contributed by atoms with Crippen molar-refractivity contribution in [1.82, 2.24) is 9.88 Å². The molecule has 7 heteroatoms. The Morgan fingerprint density at radius 3 is 2.66 bits per heavy atom. The molecular weight excluding hydrogens is 388 g/mol. The number of nitrogens with one attached hydrogen (secondary N) is 1. The third kappa shape index (κ3) is 5.05. The minimum atomic E-state index is -0.774. The molecule has 29 heavy (non-hydrogen) atoms. The lowest BCUT2D eigenvalue weighted by Crippen LogP contribution is -2.47. The van der Waals surface area contributed by atoms with E-state index in [1.165, 1.54) is 26.4 Å². The smallest absolute Gasteiger partial charge is 0.328 e. The molecule has 0 aromatic carbocycles. The molecule has 1 saturated carbocycles. The summed E-state index contributed by atoms with van der Waals surface area (Å²) in [5.41, 5.74) is 2.06. The second kappa shape index (κ2) is 9.83. The molecule has 1 amide bonds. The van der Waals surface area contributed by atoms with Gasteiger partial charge in [0, 0.05) is 18.0 Å². The molecule has 0 spiro atoms. The van der Waals surface area contributed by atoms with Crippen LogP contribution in [0.25, 0.3) is 0 Å². The number of hydrogen-bond acceptors (Lipinski definition) is 5. The topological polar surface area (TPSA) is 77.4 Å². The summed E-state index contributed by atoms with van der Waals surface area (Å²) < 4.78 is 6.68. The van der Waals surface area contributed by atoms with Crippen molar-refractivity contribution in [2.75, 3.05) is 12.9 Å². The van der Waals surface area contributed by atoms with Crippen LogP contribution in [0.15, 0.2) is 10.9 Å². The van der Waals surface area contributed by atoms with Crippen molar-refractivity contribution >= 4 is 23.6 Å². The highest BCUT2D eigenvalue weighted by Gasteiger charge is 2.28. The van der Waals surface area contributed by atoms with Gasteiger partial charge in [-0.2, -0.15) is 11.8 Å². The van der Waals surface area contributed by atoms with Gasteiger partial charge < -0.3 is 14.6 Å². The van der Waals surface area contributed by atoms with Gasteiger partial charge in [0.1, 0.15) is 11.6 Å². The number of thioether (sulfide) groups is 1. The first-order chi connectivity index (χ1) is 13.9. The highest BCUT2D eigenvalue weighted by molar-refractivity contribution is 7.98. The van der Waals surface area contributed by atoms with E-state index in [4.69, 9.17) is 4.74 Å². The van der Waals surface area contributed by atoms with Crippen LogP contribution in [0.5, 0.6) is 0 Å². The van der Waals surface area contributed by atoms with E-state index >= 15 is 0 Å². The van der Waals surface area contributed by atoms with Crippen molar-refractivity contribution in [3.63, 3.8) is 0 Å². The molecule has 6 nitrogen and oxygen atoms in total. The van der Waals surface area contributed by atoms with Crippen molar-refractivity contribution < 1.29 is 14.3 Å². The zero-order valence-corrected chi connectivity index (χ0v) is 18.5. The first-order valence-electron chi connectivity index (χ1n) is 10.6. The van der Waals surface area contributed by atoms with E-state index in [-0.39, 0.29) is 17.0 Å². The summed E-state index contributed by atoms with van der Waals surface area (Å²) >= 11 is 1.82. The zero-order chi connectivity index (χ0) is 21.0. The Morgan fingerprint density at radius 2 is 2.00 bits per heavy atom. The average Bonchev–Trinajstić information content (AvgIpc) is 2.73. The van der Waals surface area contributed by atoms with Crippen LogP contribution in [0, 0.1) is 11.8 Å². The van der Waals surface area contributed by atoms with Crippen molar-refractivity contribution in [3.8, 4) is 0 Å². The number of ether oxygens (including phenoxy) is 1. The summed E-state index contributed by atoms with van der Waals surface area (Å²) in [5.74, 6) is 1.19. The van der Waals surface area contributed by atoms with Crippen molar-refractivity contribution in [3.05, 3.63) is 33.2 Å². The van der Waals surface area contributed by atoms with E-state index < -0.39 is 17.9 Å². The number of nitrogens with zero attached hydrogens (tertiary/aromatic N) is 1. The van der Waals surface area contributed by atoms with Crippen molar-refractivity contribution in [2.24, 2.45) is 11.8 Å². The molecule has 0 radical (unpaired) electrons. The van der Waals surface area contributed by atoms with Gasteiger partial charge in [0.25, 0.3) is 11.5 Å². The molecule has 2 heterocycles. The molecule has 1 atom stereocenters. The van der Waals surface area contributed by atoms with Gasteiger partial charge in [0.05, 0.1) is 7.11 Å². The van der Waals surface area contributed by atoms with E-state index in [0.717, 1.165) is 42.0 Å². The lowest BCUT2D eigenvalue weighted by Gasteiger charge is -2.27. The Balaban J connectivity index is 1.94. The predicted octanol–water partition coefficient (Wildman–Crippen LogP) is 3.15. The van der Waals surface area contributed by atoms with Crippen LogP contribution in [-0.2, 0) is 28.2 Å². The Morgan fingerprint density at radius 1 is 1.28 bits per heavy atom. The fraction of sp³-hybridized carbons (Fsp3) is 0.682. The Bertz CT molecular complexity index is 812. The van der Waals surface area contributed by atoms with E-state index in [9.17, 15) is 14.4 Å². The molecule has 0 saturated heterocycles. The molecule has 1 aromatic heterocycles. The molecule has 0 bridgehead atoms. The SMILES string of the molecule is COC(=O)C(NC(=O)c1cc2c(n(CC3CCCCC3)c1=O)CCSC2)C(C)C. The number of carbonyl (C=O) groups excluding carboxylic acids is 2. The molecule has 2 aliphatic rings. The summed E-state index contributed by atoms with van der Waals surface area (Å²) in [5, 5.41) is 2.73. The van der Waals surface area contributed by atoms with Crippen LogP contribution in [0.2, 0.25) is 0 Å². The Labute approximate surface area is 176 Å². The van der Waals surface area contributed by atoms with Crippen molar-refractivity contribution in [1.29, 1.82) is 0 Å². The van der Waals surface area contributed by atoms with Crippen LogP contribution in [-0.4, -0.2) is 35.3 Å². The van der Waals surface area contributed by atoms with Gasteiger partial charge in [-0.25, -0.2) is 4.79 Å². The van der Waals surface area contributed by atoms with Crippen molar-refractivity contribution in [2.45, 2.75) is 70.7 Å². The number of pyridine rings is 1. The quantitative estimate of drug-likeness (QED) is 0.716. The number of aromatic nitrogens is 1. The first kappa shape index (κ1) is 21.9. The summed E-state index contributed by atoms with van der Waals surface area (Å²) in [4.78, 5) is 38.4. The number of fused-ring (bicyclic) bond motifs is 1. The number of amides is 1. The molecule has 1 aliphatic heterocycles. The number of rotatable bonds is 6. The van der Waals surface area contributed by atoms with Gasteiger partial charge in [-0.1, -0.05) is 33.1 Å². The van der Waals surface area contributed by atoms with Gasteiger partial charge >= 0.3 is 5.97 Å². The van der Waals surface area contributed by atoms with E-state index in [1.54, 1.807) is 6.07 Å². The fourth-order valence-corrected chi connectivity index (χ4v) is 5.31. The molecular formula is C22H32N2O4S. The maximum absolute atomic E-state index is 13.3. The van der Waals surface area contributed by atoms with Gasteiger partial charge in [-0.15, -0.1) is 0 Å². The number of hydrogen-bond donors (Lipinski definition) is 1. The highest BCUT2D eigenvalue weighted by atomic mass is 32.2. The number of methoxy groups -OCH3 is 1. The third-order valence-corrected chi connectivity index (χ3v) is 7.06. The van der Waals surface area contributed by atoms with Crippen LogP contribution < -0.4 is 10.9 Å². The predicted molar refractivity (Wildman–Crippen MR) is 115 cm³/mol.